The van der Waals surface area contributed by atoms with Gasteiger partial charge in [0.05, 0.1) is 0 Å². The summed E-state index contributed by atoms with van der Waals surface area (Å²) in [5, 5.41) is 0. The van der Waals surface area contributed by atoms with Crippen molar-refractivity contribution >= 4 is 11.2 Å². The Labute approximate surface area is 138 Å². The fraction of sp³-hybridized carbons (Fsp3) is 0.667. The number of imidazole rings is 1. The van der Waals surface area contributed by atoms with E-state index in [1.807, 2.05) is 12.3 Å². The number of hydrogen-bond acceptors (Lipinski definition) is 4. The van der Waals surface area contributed by atoms with Crippen LogP contribution in [0.4, 0.5) is 0 Å². The zero-order valence-electron chi connectivity index (χ0n) is 14.1. The van der Waals surface area contributed by atoms with E-state index < -0.39 is 0 Å². The monoisotopic (exact) mass is 313 g/mol. The van der Waals surface area contributed by atoms with E-state index in [-0.39, 0.29) is 0 Å². The largest absolute Gasteiger partial charge is 0.311 e. The standard InChI is InChI=1S/C18H27N5/c1-21-10-6-15(14-21)13-17-20-16-5-4-7-19-18(16)23(17)12-11-22-8-2-3-9-22/h4-5,7,15H,2-3,6,8-14H2,1H3. The van der Waals surface area contributed by atoms with Crippen molar-refractivity contribution in [2.75, 3.05) is 39.8 Å². The van der Waals surface area contributed by atoms with Crippen molar-refractivity contribution in [1.29, 1.82) is 0 Å². The minimum absolute atomic E-state index is 0.738. The molecule has 5 nitrogen and oxygen atoms in total. The molecule has 2 fully saturated rings. The first-order chi connectivity index (χ1) is 11.3. The number of rotatable bonds is 5. The highest BCUT2D eigenvalue weighted by atomic mass is 15.2. The summed E-state index contributed by atoms with van der Waals surface area (Å²) < 4.78 is 2.38. The van der Waals surface area contributed by atoms with Gasteiger partial charge < -0.3 is 14.4 Å². The van der Waals surface area contributed by atoms with E-state index >= 15 is 0 Å². The zero-order valence-corrected chi connectivity index (χ0v) is 14.1. The molecule has 0 amide bonds. The maximum atomic E-state index is 4.91. The molecular weight excluding hydrogens is 286 g/mol. The summed E-state index contributed by atoms with van der Waals surface area (Å²) in [6.07, 6.45) is 6.97. The maximum Gasteiger partial charge on any atom is 0.160 e. The fourth-order valence-electron chi connectivity index (χ4n) is 4.09. The van der Waals surface area contributed by atoms with Gasteiger partial charge >= 0.3 is 0 Å². The summed E-state index contributed by atoms with van der Waals surface area (Å²) in [6, 6.07) is 4.09. The van der Waals surface area contributed by atoms with Crippen molar-refractivity contribution < 1.29 is 0 Å². The van der Waals surface area contributed by atoms with Gasteiger partial charge in [-0.05, 0) is 64.0 Å². The number of pyridine rings is 1. The van der Waals surface area contributed by atoms with Crippen LogP contribution in [0.2, 0.25) is 0 Å². The van der Waals surface area contributed by atoms with Gasteiger partial charge in [-0.3, -0.25) is 0 Å². The lowest BCUT2D eigenvalue weighted by molar-refractivity contribution is 0.320. The number of nitrogens with zero attached hydrogens (tertiary/aromatic N) is 5. The third-order valence-corrected chi connectivity index (χ3v) is 5.38. The molecule has 0 bridgehead atoms. The summed E-state index contributed by atoms with van der Waals surface area (Å²) in [5.41, 5.74) is 2.11. The van der Waals surface area contributed by atoms with Gasteiger partial charge in [0.1, 0.15) is 11.3 Å². The predicted molar refractivity (Wildman–Crippen MR) is 92.5 cm³/mol. The Morgan fingerprint density at radius 1 is 1.17 bits per heavy atom. The molecule has 0 saturated carbocycles. The van der Waals surface area contributed by atoms with Crippen molar-refractivity contribution in [3.8, 4) is 0 Å². The van der Waals surface area contributed by atoms with Gasteiger partial charge in [0.2, 0.25) is 0 Å². The van der Waals surface area contributed by atoms with Crippen LogP contribution < -0.4 is 0 Å². The lowest BCUT2D eigenvalue weighted by atomic mass is 10.0. The van der Waals surface area contributed by atoms with Crippen LogP contribution in [-0.2, 0) is 13.0 Å². The first-order valence-corrected chi connectivity index (χ1v) is 9.00. The molecule has 0 spiro atoms. The summed E-state index contributed by atoms with van der Waals surface area (Å²) in [4.78, 5) is 14.5. The Hall–Kier alpha value is -1.46. The first kappa shape index (κ1) is 15.1. The molecule has 2 aliphatic heterocycles. The van der Waals surface area contributed by atoms with Crippen LogP contribution in [0.3, 0.4) is 0 Å². The highest BCUT2D eigenvalue weighted by Crippen LogP contribution is 2.22. The lowest BCUT2D eigenvalue weighted by Gasteiger charge is -2.17. The van der Waals surface area contributed by atoms with Crippen LogP contribution in [0.5, 0.6) is 0 Å². The molecule has 2 aliphatic rings. The minimum atomic E-state index is 0.738. The average molecular weight is 313 g/mol. The topological polar surface area (TPSA) is 37.2 Å². The van der Waals surface area contributed by atoms with E-state index in [1.165, 1.54) is 51.3 Å². The molecule has 0 aromatic carbocycles. The van der Waals surface area contributed by atoms with Crippen LogP contribution in [0.25, 0.3) is 11.2 Å². The second-order valence-electron chi connectivity index (χ2n) is 7.20. The molecule has 4 rings (SSSR count). The molecule has 124 valence electrons. The summed E-state index contributed by atoms with van der Waals surface area (Å²) >= 11 is 0. The Kier molecular flexibility index (Phi) is 4.31. The molecule has 0 radical (unpaired) electrons. The molecule has 5 heteroatoms. The van der Waals surface area contributed by atoms with E-state index in [4.69, 9.17) is 4.98 Å². The Bertz CT molecular complexity index is 658. The van der Waals surface area contributed by atoms with Crippen molar-refractivity contribution in [1.82, 2.24) is 24.3 Å². The Balaban J connectivity index is 1.55. The van der Waals surface area contributed by atoms with Gasteiger partial charge in [0.25, 0.3) is 0 Å². The van der Waals surface area contributed by atoms with E-state index in [9.17, 15) is 0 Å². The van der Waals surface area contributed by atoms with E-state index in [0.717, 1.165) is 36.6 Å². The molecule has 23 heavy (non-hydrogen) atoms. The SMILES string of the molecule is CN1CCC(Cc2nc3cccnc3n2CCN2CCCC2)C1. The van der Waals surface area contributed by atoms with Crippen LogP contribution in [0.1, 0.15) is 25.1 Å². The van der Waals surface area contributed by atoms with Gasteiger partial charge in [-0.25, -0.2) is 9.97 Å². The van der Waals surface area contributed by atoms with Crippen molar-refractivity contribution in [2.24, 2.45) is 5.92 Å². The predicted octanol–water partition coefficient (Wildman–Crippen LogP) is 2.02. The Morgan fingerprint density at radius 2 is 2.04 bits per heavy atom. The second-order valence-corrected chi connectivity index (χ2v) is 7.20. The normalized spacial score (nSPS) is 23.3. The molecule has 2 aromatic heterocycles. The molecule has 0 N–H and O–H groups in total. The van der Waals surface area contributed by atoms with Crippen molar-refractivity contribution in [2.45, 2.75) is 32.2 Å². The van der Waals surface area contributed by atoms with Gasteiger partial charge in [-0.15, -0.1) is 0 Å². The number of aromatic nitrogens is 3. The highest BCUT2D eigenvalue weighted by Gasteiger charge is 2.23. The third-order valence-electron chi connectivity index (χ3n) is 5.38. The average Bonchev–Trinajstić information content (AvgIpc) is 3.26. The molecule has 1 unspecified atom stereocenters. The smallest absolute Gasteiger partial charge is 0.160 e. The quantitative estimate of drug-likeness (QED) is 0.846. The van der Waals surface area contributed by atoms with Crippen molar-refractivity contribution in [3.05, 3.63) is 24.2 Å². The van der Waals surface area contributed by atoms with Gasteiger partial charge in [0, 0.05) is 32.3 Å². The molecule has 1 atom stereocenters. The van der Waals surface area contributed by atoms with E-state index in [1.54, 1.807) is 0 Å². The molecule has 0 aliphatic carbocycles. The van der Waals surface area contributed by atoms with Crippen LogP contribution in [0.15, 0.2) is 18.3 Å². The number of likely N-dealkylation sites (tertiary alicyclic amines) is 2. The molecule has 2 saturated heterocycles. The van der Waals surface area contributed by atoms with Crippen LogP contribution in [0, 0.1) is 5.92 Å². The lowest BCUT2D eigenvalue weighted by Crippen LogP contribution is -2.25. The van der Waals surface area contributed by atoms with Crippen LogP contribution >= 0.6 is 0 Å². The zero-order chi connectivity index (χ0) is 15.6. The Morgan fingerprint density at radius 3 is 2.83 bits per heavy atom. The van der Waals surface area contributed by atoms with Gasteiger partial charge in [-0.2, -0.15) is 0 Å². The van der Waals surface area contributed by atoms with E-state index in [0.29, 0.717) is 0 Å². The number of hydrogen-bond donors (Lipinski definition) is 0. The van der Waals surface area contributed by atoms with Crippen LogP contribution in [-0.4, -0.2) is 64.1 Å². The molecule has 4 heterocycles. The number of fused-ring (bicyclic) bond motifs is 1. The first-order valence-electron chi connectivity index (χ1n) is 9.00. The fourth-order valence-corrected chi connectivity index (χ4v) is 4.09. The molecule has 2 aromatic rings. The second kappa shape index (κ2) is 6.57. The minimum Gasteiger partial charge on any atom is -0.311 e. The molecular formula is C18H27N5. The van der Waals surface area contributed by atoms with Gasteiger partial charge in [-0.1, -0.05) is 0 Å². The summed E-state index contributed by atoms with van der Waals surface area (Å²) in [7, 11) is 2.22. The van der Waals surface area contributed by atoms with Gasteiger partial charge in [0.15, 0.2) is 5.65 Å². The maximum absolute atomic E-state index is 4.91. The summed E-state index contributed by atoms with van der Waals surface area (Å²) in [6.45, 7) is 7.07. The highest BCUT2D eigenvalue weighted by molar-refractivity contribution is 5.71. The summed E-state index contributed by atoms with van der Waals surface area (Å²) in [5.74, 6) is 1.97. The van der Waals surface area contributed by atoms with E-state index in [2.05, 4.69) is 32.5 Å². The third kappa shape index (κ3) is 3.26. The van der Waals surface area contributed by atoms with Crippen molar-refractivity contribution in [3.63, 3.8) is 0 Å².